The number of rotatable bonds is 6. The second-order valence-electron chi connectivity index (χ2n) is 15.8. The minimum atomic E-state index is -1.01. The lowest BCUT2D eigenvalue weighted by Gasteiger charge is -2.32. The van der Waals surface area contributed by atoms with Crippen LogP contribution in [0.25, 0.3) is 0 Å². The molecule has 0 aliphatic carbocycles. The minimum absolute atomic E-state index is 0.0444. The smallest absolute Gasteiger partial charge is 0.325 e. The fourth-order valence-electron chi connectivity index (χ4n) is 6.38. The zero-order valence-electron chi connectivity index (χ0n) is 34.0. The first-order valence-corrected chi connectivity index (χ1v) is 18.5. The van der Waals surface area contributed by atoms with Gasteiger partial charge in [-0.2, -0.15) is 0 Å². The highest BCUT2D eigenvalue weighted by Gasteiger charge is 2.47. The number of hydrogen-bond acceptors (Lipinski definition) is 14. The van der Waals surface area contributed by atoms with E-state index in [1.165, 1.54) is 32.3 Å². The van der Waals surface area contributed by atoms with E-state index in [9.17, 15) is 52.3 Å². The summed E-state index contributed by atoms with van der Waals surface area (Å²) >= 11 is 0. The Balaban J connectivity index is 0.000000223. The van der Waals surface area contributed by atoms with Crippen LogP contribution in [0.1, 0.15) is 109 Å². The number of likely N-dealkylation sites (tertiary alicyclic amines) is 2. The summed E-state index contributed by atoms with van der Waals surface area (Å²) in [7, 11) is 2.66. The van der Waals surface area contributed by atoms with E-state index >= 15 is 0 Å². The largest absolute Gasteiger partial charge is 0.459 e. The Bertz CT molecular complexity index is 2120. The number of halogens is 1. The van der Waals surface area contributed by atoms with Crippen molar-refractivity contribution in [3.05, 3.63) is 64.5 Å². The molecule has 18 nitrogen and oxygen atoms in total. The number of ether oxygens (including phenoxy) is 2. The third-order valence-corrected chi connectivity index (χ3v) is 9.11. The monoisotopic (exact) mass is 822 g/mol. The van der Waals surface area contributed by atoms with Gasteiger partial charge in [-0.05, 0) is 90.8 Å². The van der Waals surface area contributed by atoms with Crippen LogP contribution in [-0.2, 0) is 38.2 Å². The average molecular weight is 823 g/mol. The number of nitrogens with two attached hydrogens (primary N) is 1. The van der Waals surface area contributed by atoms with Crippen molar-refractivity contribution in [2.75, 3.05) is 32.5 Å². The number of fused-ring (bicyclic) bond motifs is 2. The van der Waals surface area contributed by atoms with Crippen molar-refractivity contribution in [3.63, 3.8) is 0 Å². The molecule has 2 fully saturated rings. The number of likely N-dealkylation sites (N-methyl/N-ethyl adjacent to an activating group) is 2. The maximum atomic E-state index is 13.2. The highest BCUT2D eigenvalue weighted by atomic mass is 19.1. The van der Waals surface area contributed by atoms with Crippen LogP contribution < -0.4 is 11.1 Å². The van der Waals surface area contributed by atoms with Crippen LogP contribution in [-0.4, -0.2) is 129 Å². The number of imide groups is 4. The molecular formula is C40H47FN6O12. The van der Waals surface area contributed by atoms with Crippen molar-refractivity contribution in [2.24, 2.45) is 5.73 Å². The molecule has 0 bridgehead atoms. The molecule has 0 spiro atoms. The molecule has 4 aliphatic heterocycles. The van der Waals surface area contributed by atoms with Crippen molar-refractivity contribution in [3.8, 4) is 0 Å². The van der Waals surface area contributed by atoms with E-state index in [-0.39, 0.29) is 78.8 Å². The maximum Gasteiger partial charge on any atom is 0.325 e. The number of hydrogen-bond donors (Lipinski definition) is 2. The summed E-state index contributed by atoms with van der Waals surface area (Å²) in [6.45, 7) is 10.6. The van der Waals surface area contributed by atoms with Crippen molar-refractivity contribution >= 4 is 64.9 Å². The molecule has 8 amide bonds. The fraction of sp³-hybridized carbons (Fsp3) is 0.450. The minimum Gasteiger partial charge on any atom is -0.459 e. The molecule has 0 saturated carbocycles. The maximum absolute atomic E-state index is 13.2. The second kappa shape index (κ2) is 17.6. The van der Waals surface area contributed by atoms with Gasteiger partial charge in [0.15, 0.2) is 0 Å². The second-order valence-corrected chi connectivity index (χ2v) is 15.8. The Morgan fingerprint density at radius 1 is 0.661 bits per heavy atom. The number of esters is 2. The summed E-state index contributed by atoms with van der Waals surface area (Å²) in [6, 6.07) is 5.83. The summed E-state index contributed by atoms with van der Waals surface area (Å²) in [4.78, 5) is 124. The van der Waals surface area contributed by atoms with Crippen molar-refractivity contribution in [2.45, 2.75) is 90.5 Å². The normalized spacial score (nSPS) is 19.2. The number of piperidine rings is 2. The lowest BCUT2D eigenvalue weighted by Crippen LogP contribution is -2.54. The van der Waals surface area contributed by atoms with Crippen LogP contribution >= 0.6 is 0 Å². The molecule has 4 heterocycles. The topological polar surface area (TPSA) is 240 Å². The van der Waals surface area contributed by atoms with E-state index in [1.54, 1.807) is 47.6 Å². The molecule has 316 valence electrons. The zero-order valence-corrected chi connectivity index (χ0v) is 34.0. The molecule has 19 heteroatoms. The van der Waals surface area contributed by atoms with Crippen LogP contribution in [0.3, 0.4) is 0 Å². The number of carbonyl (C=O) groups is 10. The highest BCUT2D eigenvalue weighted by molar-refractivity contribution is 6.24. The van der Waals surface area contributed by atoms with Crippen LogP contribution in [0.15, 0.2) is 36.4 Å². The van der Waals surface area contributed by atoms with Gasteiger partial charge in [0, 0.05) is 32.6 Å². The predicted octanol–water partition coefficient (Wildman–Crippen LogP) is 2.04. The van der Waals surface area contributed by atoms with Crippen LogP contribution in [0.2, 0.25) is 0 Å². The molecule has 2 unspecified atom stereocenters. The molecule has 2 aromatic carbocycles. The Hall–Kier alpha value is -6.37. The molecular weight excluding hydrogens is 775 g/mol. The first-order chi connectivity index (χ1) is 27.4. The summed E-state index contributed by atoms with van der Waals surface area (Å²) in [6.07, 6.45) is 0.366. The van der Waals surface area contributed by atoms with Gasteiger partial charge in [0.25, 0.3) is 35.4 Å². The summed E-state index contributed by atoms with van der Waals surface area (Å²) in [5, 5.41) is 2.87. The third-order valence-electron chi connectivity index (χ3n) is 9.11. The SMILES string of the molecule is CC(C)(C)OC(=O)CN.CN1C(=O)CCC(N2C(=O)c3ccc(F)cc3C2=O)C1=O.CN1C(=O)CCC(N2C(=O)c3ccc(NCC(=O)OC(C)(C)C)cc3C2=O)C1=O. The van der Waals surface area contributed by atoms with E-state index in [2.05, 4.69) is 5.32 Å². The number of carbonyl (C=O) groups excluding carboxylic acids is 10. The van der Waals surface area contributed by atoms with Crippen LogP contribution in [0, 0.1) is 5.82 Å². The molecule has 4 aliphatic rings. The van der Waals surface area contributed by atoms with Gasteiger partial charge < -0.3 is 20.5 Å². The van der Waals surface area contributed by atoms with Crippen LogP contribution in [0.4, 0.5) is 10.1 Å². The van der Waals surface area contributed by atoms with Gasteiger partial charge in [0.2, 0.25) is 11.8 Å². The molecule has 0 radical (unpaired) electrons. The van der Waals surface area contributed by atoms with Crippen molar-refractivity contribution in [1.82, 2.24) is 19.6 Å². The van der Waals surface area contributed by atoms with Crippen molar-refractivity contribution in [1.29, 1.82) is 0 Å². The third kappa shape index (κ3) is 10.4. The first-order valence-electron chi connectivity index (χ1n) is 18.5. The lowest BCUT2D eigenvalue weighted by molar-refractivity contribution is -0.153. The Morgan fingerprint density at radius 2 is 1.07 bits per heavy atom. The number of amides is 8. The number of benzene rings is 2. The van der Waals surface area contributed by atoms with Gasteiger partial charge in [0.05, 0.1) is 28.8 Å². The molecule has 2 aromatic rings. The molecule has 6 rings (SSSR count). The van der Waals surface area contributed by atoms with Crippen molar-refractivity contribution < 1.29 is 61.8 Å². The van der Waals surface area contributed by atoms with Gasteiger partial charge in [0.1, 0.15) is 35.6 Å². The highest BCUT2D eigenvalue weighted by Crippen LogP contribution is 2.31. The average Bonchev–Trinajstić information content (AvgIpc) is 3.54. The first kappa shape index (κ1) is 45.3. The Labute approximate surface area is 339 Å². The zero-order chi connectivity index (χ0) is 44.3. The Morgan fingerprint density at radius 3 is 1.49 bits per heavy atom. The predicted molar refractivity (Wildman–Crippen MR) is 205 cm³/mol. The van der Waals surface area contributed by atoms with Gasteiger partial charge in [-0.1, -0.05) is 0 Å². The Kier molecular flexibility index (Phi) is 13.6. The van der Waals surface area contributed by atoms with Crippen LogP contribution in [0.5, 0.6) is 0 Å². The van der Waals surface area contributed by atoms with E-state index in [0.29, 0.717) is 5.69 Å². The lowest BCUT2D eigenvalue weighted by atomic mass is 10.0. The molecule has 2 atom stereocenters. The van der Waals surface area contributed by atoms with E-state index in [0.717, 1.165) is 31.7 Å². The standard InChI is InChI=1S/C20H23N3O6.C14H11FN2O4.C6H13NO2/c1-20(2,3)29-16(25)10-21-11-5-6-12-13(9-11)18(27)23(17(12)26)14-7-8-15(24)22(4)19(14)28;1-16-11(18)5-4-10(14(16)21)17-12(19)8-3-2-7(15)6-9(8)13(17)20;1-6(2,3)9-5(8)4-7/h5-6,9,14,21H,7-8,10H2,1-4H3;2-3,6,10H,4-5H2,1H3;4,7H2,1-3H3. The van der Waals surface area contributed by atoms with E-state index in [1.807, 2.05) is 0 Å². The molecule has 2 saturated heterocycles. The number of anilines is 1. The summed E-state index contributed by atoms with van der Waals surface area (Å²) in [5.41, 5.74) is 4.82. The van der Waals surface area contributed by atoms with Gasteiger partial charge in [-0.25, -0.2) is 4.39 Å². The molecule has 0 aromatic heterocycles. The quantitative estimate of drug-likeness (QED) is 0.313. The van der Waals surface area contributed by atoms with Gasteiger partial charge in [-0.15, -0.1) is 0 Å². The van der Waals surface area contributed by atoms with Gasteiger partial charge in [-0.3, -0.25) is 67.5 Å². The summed E-state index contributed by atoms with van der Waals surface area (Å²) in [5.74, 6) is -5.77. The molecule has 3 N–H and O–H groups in total. The fourth-order valence-corrected chi connectivity index (χ4v) is 6.38. The molecule has 59 heavy (non-hydrogen) atoms. The van der Waals surface area contributed by atoms with Gasteiger partial charge >= 0.3 is 11.9 Å². The number of nitrogens with zero attached hydrogens (tertiary/aromatic N) is 4. The summed E-state index contributed by atoms with van der Waals surface area (Å²) < 4.78 is 23.3. The van der Waals surface area contributed by atoms with E-state index < -0.39 is 70.5 Å². The van der Waals surface area contributed by atoms with E-state index in [4.69, 9.17) is 15.2 Å². The number of nitrogens with one attached hydrogen (secondary N) is 1.